The molecule has 0 bridgehead atoms. The molecular weight excluding hydrogens is 208 g/mol. The van der Waals surface area contributed by atoms with Crippen LogP contribution in [0, 0.1) is 5.41 Å². The lowest BCUT2D eigenvalue weighted by molar-refractivity contribution is -0.132. The van der Waals surface area contributed by atoms with Crippen molar-refractivity contribution >= 4 is 0 Å². The molecule has 0 amide bonds. The number of hydrogen-bond acceptors (Lipinski definition) is 1. The Bertz CT molecular complexity index is 308. The van der Waals surface area contributed by atoms with Gasteiger partial charge >= 0.3 is 0 Å². The molecule has 1 fully saturated rings. The van der Waals surface area contributed by atoms with Gasteiger partial charge in [-0.2, -0.15) is 0 Å². The molecule has 90 valence electrons. The molecule has 0 aromatic heterocycles. The molecule has 0 saturated heterocycles. The summed E-state index contributed by atoms with van der Waals surface area (Å²) in [6.07, 6.45) is 6.85. The minimum Gasteiger partial charge on any atom is -0.328 e. The Hall–Kier alpha value is -1.12. The summed E-state index contributed by atoms with van der Waals surface area (Å²) in [5.41, 5.74) is -0.639. The molecule has 0 radical (unpaired) electrons. The van der Waals surface area contributed by atoms with E-state index < -0.39 is 11.3 Å². The van der Waals surface area contributed by atoms with E-state index in [-0.39, 0.29) is 0 Å². The minimum absolute atomic E-state index is 0.444. The van der Waals surface area contributed by atoms with Gasteiger partial charge in [0, 0.05) is 25.0 Å². The van der Waals surface area contributed by atoms with Crippen LogP contribution in [0.2, 0.25) is 0 Å². The van der Waals surface area contributed by atoms with Crippen LogP contribution in [0.15, 0.2) is 37.3 Å². The van der Waals surface area contributed by atoms with Gasteiger partial charge in [-0.15, -0.1) is 0 Å². The summed E-state index contributed by atoms with van der Waals surface area (Å²) in [6, 6.07) is 0. The third-order valence-electron chi connectivity index (χ3n) is 3.42. The average Bonchev–Trinajstić information content (AvgIpc) is 2.09. The zero-order valence-electron chi connectivity index (χ0n) is 9.97. The van der Waals surface area contributed by atoms with Crippen LogP contribution < -0.4 is 0 Å². The van der Waals surface area contributed by atoms with Crippen LogP contribution in [0.25, 0.3) is 0 Å². The van der Waals surface area contributed by atoms with Crippen LogP contribution >= 0.6 is 0 Å². The van der Waals surface area contributed by atoms with Gasteiger partial charge in [0.15, 0.2) is 0 Å². The smallest absolute Gasteiger partial charge is 0.256 e. The van der Waals surface area contributed by atoms with Crippen LogP contribution in [0.4, 0.5) is 8.78 Å². The van der Waals surface area contributed by atoms with Gasteiger partial charge in [-0.3, -0.25) is 0 Å². The lowest BCUT2D eigenvalue weighted by Gasteiger charge is -2.49. The third kappa shape index (κ3) is 1.91. The number of alkyl halides is 2. The molecule has 3 heteroatoms. The van der Waals surface area contributed by atoms with E-state index in [9.17, 15) is 8.78 Å². The van der Waals surface area contributed by atoms with Crippen molar-refractivity contribution in [1.29, 1.82) is 0 Å². The lowest BCUT2D eigenvalue weighted by atomic mass is 9.62. The SMILES string of the molecule is C=CN(/C=C\C)C(=C)C1(C(C)(F)F)CCC1. The molecular formula is C13H19F2N. The van der Waals surface area contributed by atoms with E-state index in [2.05, 4.69) is 13.2 Å². The van der Waals surface area contributed by atoms with E-state index in [0.29, 0.717) is 18.5 Å². The first-order valence-electron chi connectivity index (χ1n) is 5.50. The second-order valence-electron chi connectivity index (χ2n) is 4.34. The molecule has 0 atom stereocenters. The number of allylic oxidation sites excluding steroid dienone is 2. The Balaban J connectivity index is 2.97. The van der Waals surface area contributed by atoms with Gasteiger partial charge in [0.25, 0.3) is 5.92 Å². The van der Waals surface area contributed by atoms with Gasteiger partial charge in [-0.25, -0.2) is 8.78 Å². The zero-order chi connectivity index (χ0) is 12.4. The lowest BCUT2D eigenvalue weighted by Crippen LogP contribution is -2.48. The number of nitrogens with zero attached hydrogens (tertiary/aromatic N) is 1. The van der Waals surface area contributed by atoms with E-state index in [4.69, 9.17) is 0 Å². The highest BCUT2D eigenvalue weighted by Crippen LogP contribution is 2.57. The summed E-state index contributed by atoms with van der Waals surface area (Å²) in [4.78, 5) is 1.59. The van der Waals surface area contributed by atoms with E-state index in [1.807, 2.05) is 6.92 Å². The molecule has 0 aromatic carbocycles. The van der Waals surface area contributed by atoms with E-state index in [1.54, 1.807) is 17.2 Å². The van der Waals surface area contributed by atoms with Crippen LogP contribution in [0.3, 0.4) is 0 Å². The number of halogens is 2. The molecule has 1 saturated carbocycles. The molecule has 0 aliphatic heterocycles. The Morgan fingerprint density at radius 1 is 1.44 bits per heavy atom. The Kier molecular flexibility index (Phi) is 3.56. The second-order valence-corrected chi connectivity index (χ2v) is 4.34. The molecule has 0 heterocycles. The van der Waals surface area contributed by atoms with Crippen molar-refractivity contribution < 1.29 is 8.78 Å². The van der Waals surface area contributed by atoms with Gasteiger partial charge in [-0.05, 0) is 19.8 Å². The van der Waals surface area contributed by atoms with Crippen molar-refractivity contribution in [3.8, 4) is 0 Å². The topological polar surface area (TPSA) is 3.24 Å². The molecule has 1 aliphatic rings. The third-order valence-corrected chi connectivity index (χ3v) is 3.42. The van der Waals surface area contributed by atoms with E-state index in [1.165, 1.54) is 6.20 Å². The highest BCUT2D eigenvalue weighted by Gasteiger charge is 2.56. The predicted octanol–water partition coefficient (Wildman–Crippen LogP) is 4.30. The first kappa shape index (κ1) is 12.9. The van der Waals surface area contributed by atoms with Crippen LogP contribution in [0.1, 0.15) is 33.1 Å². The summed E-state index contributed by atoms with van der Waals surface area (Å²) < 4.78 is 27.3. The highest BCUT2D eigenvalue weighted by molar-refractivity contribution is 5.22. The first-order chi connectivity index (χ1) is 7.39. The number of rotatable bonds is 5. The van der Waals surface area contributed by atoms with Gasteiger partial charge in [0.1, 0.15) is 0 Å². The van der Waals surface area contributed by atoms with Crippen molar-refractivity contribution in [2.75, 3.05) is 0 Å². The average molecular weight is 227 g/mol. The molecule has 0 unspecified atom stereocenters. The number of hydrogen-bond donors (Lipinski definition) is 0. The second kappa shape index (κ2) is 4.40. The molecule has 0 N–H and O–H groups in total. The van der Waals surface area contributed by atoms with Gasteiger partial charge in [-0.1, -0.05) is 25.7 Å². The molecule has 0 spiro atoms. The fraction of sp³-hybridized carbons (Fsp3) is 0.538. The summed E-state index contributed by atoms with van der Waals surface area (Å²) in [6.45, 7) is 10.3. The molecule has 1 nitrogen and oxygen atoms in total. The highest BCUT2D eigenvalue weighted by atomic mass is 19.3. The zero-order valence-corrected chi connectivity index (χ0v) is 9.97. The predicted molar refractivity (Wildman–Crippen MR) is 62.9 cm³/mol. The monoisotopic (exact) mass is 227 g/mol. The first-order valence-corrected chi connectivity index (χ1v) is 5.50. The van der Waals surface area contributed by atoms with Crippen molar-refractivity contribution in [3.05, 3.63) is 37.3 Å². The summed E-state index contributed by atoms with van der Waals surface area (Å²) in [5.74, 6) is -2.73. The molecule has 16 heavy (non-hydrogen) atoms. The fourth-order valence-corrected chi connectivity index (χ4v) is 2.18. The van der Waals surface area contributed by atoms with Crippen molar-refractivity contribution in [3.63, 3.8) is 0 Å². The van der Waals surface area contributed by atoms with E-state index in [0.717, 1.165) is 13.3 Å². The maximum absolute atomic E-state index is 13.7. The van der Waals surface area contributed by atoms with E-state index >= 15 is 0 Å². The molecule has 1 aliphatic carbocycles. The Labute approximate surface area is 96.1 Å². The van der Waals surface area contributed by atoms with Crippen molar-refractivity contribution in [1.82, 2.24) is 4.90 Å². The fourth-order valence-electron chi connectivity index (χ4n) is 2.18. The molecule has 1 rings (SSSR count). The molecule has 0 aromatic rings. The Morgan fingerprint density at radius 2 is 2.00 bits per heavy atom. The minimum atomic E-state index is -2.73. The van der Waals surface area contributed by atoms with Crippen LogP contribution in [-0.4, -0.2) is 10.8 Å². The quantitative estimate of drug-likeness (QED) is 0.676. The standard InChI is InChI=1S/C13H19F2N/c1-5-10-16(6-2)11(3)13(8-7-9-13)12(4,14)15/h5-6,10H,2-3,7-9H2,1,4H3/b10-5-. The normalized spacial score (nSPS) is 19.2. The van der Waals surface area contributed by atoms with Crippen molar-refractivity contribution in [2.45, 2.75) is 39.0 Å². The van der Waals surface area contributed by atoms with Crippen LogP contribution in [0.5, 0.6) is 0 Å². The van der Waals surface area contributed by atoms with Crippen molar-refractivity contribution in [2.24, 2.45) is 5.41 Å². The maximum atomic E-state index is 13.7. The summed E-state index contributed by atoms with van der Waals surface area (Å²) in [5, 5.41) is 0. The van der Waals surface area contributed by atoms with Crippen LogP contribution in [-0.2, 0) is 0 Å². The maximum Gasteiger partial charge on any atom is 0.256 e. The summed E-state index contributed by atoms with van der Waals surface area (Å²) in [7, 11) is 0. The Morgan fingerprint density at radius 3 is 2.25 bits per heavy atom. The largest absolute Gasteiger partial charge is 0.328 e. The van der Waals surface area contributed by atoms with Gasteiger partial charge < -0.3 is 4.90 Å². The van der Waals surface area contributed by atoms with Gasteiger partial charge in [0.05, 0.1) is 5.41 Å². The van der Waals surface area contributed by atoms with Gasteiger partial charge in [0.2, 0.25) is 0 Å². The summed E-state index contributed by atoms with van der Waals surface area (Å²) >= 11 is 0.